The first-order valence-electron chi connectivity index (χ1n) is 14.5. The van der Waals surface area contributed by atoms with Crippen LogP contribution in [0.3, 0.4) is 0 Å². The van der Waals surface area contributed by atoms with Crippen molar-refractivity contribution in [3.05, 3.63) is 39.6 Å². The van der Waals surface area contributed by atoms with Crippen molar-refractivity contribution < 1.29 is 19.5 Å². The number of amides is 2. The van der Waals surface area contributed by atoms with Gasteiger partial charge in [0.05, 0.1) is 27.8 Å². The van der Waals surface area contributed by atoms with E-state index in [-0.39, 0.29) is 12.5 Å². The minimum absolute atomic E-state index is 0.0433. The van der Waals surface area contributed by atoms with Gasteiger partial charge in [0.15, 0.2) is 0 Å². The predicted molar refractivity (Wildman–Crippen MR) is 163 cm³/mol. The van der Waals surface area contributed by atoms with Crippen molar-refractivity contribution in [1.82, 2.24) is 25.4 Å². The third-order valence-corrected chi connectivity index (χ3v) is 7.97. The molecule has 9 nitrogen and oxygen atoms in total. The summed E-state index contributed by atoms with van der Waals surface area (Å²) in [6, 6.07) is 3.68. The van der Waals surface area contributed by atoms with Crippen LogP contribution in [0.4, 0.5) is 0 Å². The van der Waals surface area contributed by atoms with E-state index >= 15 is 0 Å². The van der Waals surface area contributed by atoms with E-state index in [1.165, 1.54) is 19.3 Å². The van der Waals surface area contributed by atoms with E-state index in [0.717, 1.165) is 60.6 Å². The Balaban J connectivity index is 1.53. The Labute approximate surface area is 251 Å². The zero-order valence-electron chi connectivity index (χ0n) is 23.5. The monoisotopic (exact) mass is 605 g/mol. The Morgan fingerprint density at radius 2 is 1.76 bits per heavy atom. The third-order valence-electron chi connectivity index (χ3n) is 7.18. The number of fused-ring (bicyclic) bond motifs is 1. The summed E-state index contributed by atoms with van der Waals surface area (Å²) in [5.41, 5.74) is 3.98. The Bertz CT molecular complexity index is 1270. The van der Waals surface area contributed by atoms with Gasteiger partial charge in [0.1, 0.15) is 6.29 Å². The first-order chi connectivity index (χ1) is 20.0. The molecule has 3 rings (SSSR count). The lowest BCUT2D eigenvalue weighted by Gasteiger charge is -2.08. The molecule has 3 aromatic rings. The molecule has 0 bridgehead atoms. The number of nitrogens with zero attached hydrogens (tertiary/aromatic N) is 2. The Kier molecular flexibility index (Phi) is 14.2. The van der Waals surface area contributed by atoms with E-state index in [1.54, 1.807) is 10.7 Å². The molecule has 41 heavy (non-hydrogen) atoms. The van der Waals surface area contributed by atoms with Crippen LogP contribution in [0, 0.1) is 0 Å². The fourth-order valence-corrected chi connectivity index (χ4v) is 5.50. The number of halogens is 2. The molecule has 1 aromatic carbocycles. The fraction of sp³-hybridized carbons (Fsp3) is 0.533. The number of aliphatic hydroxyl groups is 1. The third kappa shape index (κ3) is 9.87. The van der Waals surface area contributed by atoms with Crippen molar-refractivity contribution in [3.63, 3.8) is 0 Å². The maximum Gasteiger partial charge on any atom is 0.220 e. The number of hydrogen-bond acceptors (Lipinski definition) is 5. The molecule has 0 saturated carbocycles. The lowest BCUT2D eigenvalue weighted by Crippen LogP contribution is -2.27. The highest BCUT2D eigenvalue weighted by atomic mass is 35.5. The molecule has 11 heteroatoms. The zero-order valence-corrected chi connectivity index (χ0v) is 25.0. The summed E-state index contributed by atoms with van der Waals surface area (Å²) < 4.78 is 1.78. The molecule has 2 amide bonds. The number of carbonyl (C=O) groups excluding carboxylic acids is 3. The first kappa shape index (κ1) is 32.6. The highest BCUT2D eigenvalue weighted by molar-refractivity contribution is 6.45. The molecule has 0 spiro atoms. The van der Waals surface area contributed by atoms with Gasteiger partial charge in [-0.3, -0.25) is 14.3 Å². The van der Waals surface area contributed by atoms with Gasteiger partial charge in [-0.2, -0.15) is 5.10 Å². The van der Waals surface area contributed by atoms with Crippen LogP contribution in [0.25, 0.3) is 22.2 Å². The second-order valence-electron chi connectivity index (χ2n) is 10.2. The van der Waals surface area contributed by atoms with E-state index in [2.05, 4.69) is 15.6 Å². The molecular weight excluding hydrogens is 565 g/mol. The van der Waals surface area contributed by atoms with Crippen LogP contribution < -0.4 is 10.6 Å². The van der Waals surface area contributed by atoms with Crippen molar-refractivity contribution >= 4 is 52.7 Å². The fourth-order valence-electron chi connectivity index (χ4n) is 5.10. The van der Waals surface area contributed by atoms with Crippen molar-refractivity contribution in [2.75, 3.05) is 19.7 Å². The highest BCUT2D eigenvalue weighted by Crippen LogP contribution is 2.40. The van der Waals surface area contributed by atoms with Crippen LogP contribution in [0.1, 0.15) is 75.5 Å². The molecule has 0 aliphatic carbocycles. The largest absolute Gasteiger partial charge is 0.396 e. The molecule has 2 aromatic heterocycles. The van der Waals surface area contributed by atoms with Gasteiger partial charge in [-0.15, -0.1) is 0 Å². The quantitative estimate of drug-likeness (QED) is 0.0957. The SMILES string of the molecule is O=CCCCCCCCCCCC(=O)NCCn1ccc(-c2cc(Cl)c(Cl)c3[nH]c(CCNC=O)c(CCO)c23)n1. The van der Waals surface area contributed by atoms with Crippen LogP contribution in [-0.2, 0) is 33.8 Å². The topological polar surface area (TPSA) is 129 Å². The number of unbranched alkanes of at least 4 members (excludes halogenated alkanes) is 8. The standard InChI is InChI=1S/C30H41Cl2N5O4/c31-24-20-23(28-22(13-19-39)25(11-14-33-21-40)35-30(28)29(24)32)26-12-16-37(36-26)17-15-34-27(41)10-8-6-4-2-1-3-5-7-9-18-38/h12,16,18,20-21,35,39H,1-11,13-15,17,19H2,(H,33,40)(H,34,41). The summed E-state index contributed by atoms with van der Waals surface area (Å²) >= 11 is 13.0. The average Bonchev–Trinajstić information content (AvgIpc) is 3.57. The van der Waals surface area contributed by atoms with Crippen LogP contribution in [0.2, 0.25) is 10.0 Å². The van der Waals surface area contributed by atoms with E-state index in [4.69, 9.17) is 28.3 Å². The van der Waals surface area contributed by atoms with Crippen molar-refractivity contribution in [1.29, 1.82) is 0 Å². The lowest BCUT2D eigenvalue weighted by molar-refractivity contribution is -0.121. The molecule has 0 atom stereocenters. The second-order valence-corrected chi connectivity index (χ2v) is 11.0. The lowest BCUT2D eigenvalue weighted by atomic mass is 9.99. The molecule has 0 aliphatic rings. The second kappa shape index (κ2) is 17.8. The zero-order chi connectivity index (χ0) is 29.5. The van der Waals surface area contributed by atoms with Crippen LogP contribution in [-0.4, -0.2) is 58.2 Å². The van der Waals surface area contributed by atoms with Gasteiger partial charge in [-0.25, -0.2) is 0 Å². The number of rotatable bonds is 21. The van der Waals surface area contributed by atoms with E-state index in [9.17, 15) is 19.5 Å². The summed E-state index contributed by atoms with van der Waals surface area (Å²) in [7, 11) is 0. The number of aromatic nitrogens is 3. The maximum absolute atomic E-state index is 12.3. The Morgan fingerprint density at radius 1 is 1.02 bits per heavy atom. The number of H-pyrrole nitrogens is 1. The van der Waals surface area contributed by atoms with Crippen LogP contribution in [0.5, 0.6) is 0 Å². The molecule has 0 radical (unpaired) electrons. The minimum Gasteiger partial charge on any atom is -0.396 e. The predicted octanol–water partition coefficient (Wildman–Crippen LogP) is 5.38. The Morgan fingerprint density at radius 3 is 2.46 bits per heavy atom. The van der Waals surface area contributed by atoms with E-state index < -0.39 is 0 Å². The molecule has 224 valence electrons. The number of carbonyl (C=O) groups is 3. The molecule has 0 unspecified atom stereocenters. The minimum atomic E-state index is -0.0433. The molecule has 0 saturated heterocycles. The van der Waals surface area contributed by atoms with Gasteiger partial charge < -0.3 is 25.5 Å². The van der Waals surface area contributed by atoms with Crippen molar-refractivity contribution in [3.8, 4) is 11.3 Å². The average molecular weight is 607 g/mol. The van der Waals surface area contributed by atoms with Crippen LogP contribution in [0.15, 0.2) is 18.3 Å². The smallest absolute Gasteiger partial charge is 0.220 e. The highest BCUT2D eigenvalue weighted by Gasteiger charge is 2.21. The first-order valence-corrected chi connectivity index (χ1v) is 15.3. The normalized spacial score (nSPS) is 11.2. The van der Waals surface area contributed by atoms with E-state index in [0.29, 0.717) is 73.0 Å². The van der Waals surface area contributed by atoms with Gasteiger partial charge >= 0.3 is 0 Å². The van der Waals surface area contributed by atoms with Crippen molar-refractivity contribution in [2.45, 2.75) is 83.6 Å². The molecule has 0 aliphatic heterocycles. The van der Waals surface area contributed by atoms with Crippen LogP contribution >= 0.6 is 23.2 Å². The number of aliphatic hydroxyl groups excluding tert-OH is 1. The molecular formula is C30H41Cl2N5O4. The number of aldehydes is 1. The summed E-state index contributed by atoms with van der Waals surface area (Å²) in [4.78, 5) is 36.6. The van der Waals surface area contributed by atoms with Gasteiger partial charge in [0, 0.05) is 61.8 Å². The summed E-state index contributed by atoms with van der Waals surface area (Å²) in [6.45, 7) is 1.41. The summed E-state index contributed by atoms with van der Waals surface area (Å²) in [5, 5.41) is 21.8. The van der Waals surface area contributed by atoms with Gasteiger partial charge in [-0.1, -0.05) is 61.7 Å². The number of benzene rings is 1. The number of nitrogens with one attached hydrogen (secondary N) is 3. The van der Waals surface area contributed by atoms with Gasteiger partial charge in [-0.05, 0) is 37.0 Å². The van der Waals surface area contributed by atoms with Gasteiger partial charge in [0.25, 0.3) is 0 Å². The molecule has 0 fully saturated rings. The maximum atomic E-state index is 12.3. The summed E-state index contributed by atoms with van der Waals surface area (Å²) in [5.74, 6) is 0.0509. The molecule has 4 N–H and O–H groups in total. The molecule has 2 heterocycles. The summed E-state index contributed by atoms with van der Waals surface area (Å²) in [6.07, 6.45) is 14.4. The van der Waals surface area contributed by atoms with Crippen molar-refractivity contribution in [2.24, 2.45) is 0 Å². The number of hydrogen-bond donors (Lipinski definition) is 4. The Hall–Kier alpha value is -2.88. The van der Waals surface area contributed by atoms with E-state index in [1.807, 2.05) is 12.3 Å². The number of aromatic amines is 1. The van der Waals surface area contributed by atoms with Gasteiger partial charge in [0.2, 0.25) is 12.3 Å².